The Morgan fingerprint density at radius 3 is 2.44 bits per heavy atom. The van der Waals surface area contributed by atoms with Gasteiger partial charge in [0.1, 0.15) is 0 Å². The number of hydrogen-bond donors (Lipinski definition) is 1. The minimum absolute atomic E-state index is 0.192. The van der Waals surface area contributed by atoms with Gasteiger partial charge in [-0.2, -0.15) is 9.78 Å². The SMILES string of the molecule is CS(=O)c1ccc(-n2nc(-c3ccc4c(c3)CCNCC4)ccc2=O)cc1. The van der Waals surface area contributed by atoms with Crippen molar-refractivity contribution in [1.82, 2.24) is 15.1 Å². The first-order valence-electron chi connectivity index (χ1n) is 8.99. The van der Waals surface area contributed by atoms with E-state index in [-0.39, 0.29) is 5.56 Å². The van der Waals surface area contributed by atoms with E-state index in [0.29, 0.717) is 5.69 Å². The van der Waals surface area contributed by atoms with Gasteiger partial charge < -0.3 is 5.32 Å². The highest BCUT2D eigenvalue weighted by Gasteiger charge is 2.11. The van der Waals surface area contributed by atoms with Crippen LogP contribution in [0.15, 0.2) is 64.3 Å². The number of rotatable bonds is 3. The maximum absolute atomic E-state index is 12.3. The highest BCUT2D eigenvalue weighted by Crippen LogP contribution is 2.22. The van der Waals surface area contributed by atoms with Crippen LogP contribution in [0.1, 0.15) is 11.1 Å². The van der Waals surface area contributed by atoms with E-state index in [0.717, 1.165) is 42.1 Å². The van der Waals surface area contributed by atoms with E-state index >= 15 is 0 Å². The second kappa shape index (κ2) is 7.58. The summed E-state index contributed by atoms with van der Waals surface area (Å²) in [6, 6.07) is 16.8. The Kier molecular flexibility index (Phi) is 5.01. The van der Waals surface area contributed by atoms with Crippen molar-refractivity contribution < 1.29 is 4.21 Å². The fraction of sp³-hybridized carbons (Fsp3) is 0.238. The van der Waals surface area contributed by atoms with Gasteiger partial charge in [0.25, 0.3) is 5.56 Å². The first-order valence-corrected chi connectivity index (χ1v) is 10.5. The molecule has 27 heavy (non-hydrogen) atoms. The maximum atomic E-state index is 12.3. The molecule has 138 valence electrons. The number of hydrogen-bond acceptors (Lipinski definition) is 4. The maximum Gasteiger partial charge on any atom is 0.271 e. The van der Waals surface area contributed by atoms with Gasteiger partial charge in [-0.1, -0.05) is 12.1 Å². The highest BCUT2D eigenvalue weighted by molar-refractivity contribution is 7.84. The van der Waals surface area contributed by atoms with Crippen molar-refractivity contribution in [3.8, 4) is 16.9 Å². The Labute approximate surface area is 160 Å². The summed E-state index contributed by atoms with van der Waals surface area (Å²) in [4.78, 5) is 13.1. The zero-order chi connectivity index (χ0) is 18.8. The van der Waals surface area contributed by atoms with Crippen LogP contribution >= 0.6 is 0 Å². The van der Waals surface area contributed by atoms with E-state index in [1.807, 2.05) is 0 Å². The molecule has 1 unspecified atom stereocenters. The summed E-state index contributed by atoms with van der Waals surface area (Å²) in [5.74, 6) is 0. The van der Waals surface area contributed by atoms with E-state index in [1.54, 1.807) is 42.7 Å². The number of nitrogens with zero attached hydrogens (tertiary/aromatic N) is 2. The largest absolute Gasteiger partial charge is 0.316 e. The summed E-state index contributed by atoms with van der Waals surface area (Å²) in [6.45, 7) is 1.99. The van der Waals surface area contributed by atoms with Gasteiger partial charge in [0, 0.05) is 33.6 Å². The molecule has 3 aromatic rings. The number of nitrogens with one attached hydrogen (secondary N) is 1. The van der Waals surface area contributed by atoms with Crippen LogP contribution in [-0.4, -0.2) is 33.3 Å². The van der Waals surface area contributed by atoms with Crippen molar-refractivity contribution in [2.75, 3.05) is 19.3 Å². The van der Waals surface area contributed by atoms with Crippen molar-refractivity contribution in [2.24, 2.45) is 0 Å². The summed E-state index contributed by atoms with van der Waals surface area (Å²) in [7, 11) is -1.05. The molecule has 0 saturated carbocycles. The van der Waals surface area contributed by atoms with Crippen LogP contribution in [0.25, 0.3) is 16.9 Å². The zero-order valence-electron chi connectivity index (χ0n) is 15.1. The molecule has 5 nitrogen and oxygen atoms in total. The van der Waals surface area contributed by atoms with E-state index in [4.69, 9.17) is 0 Å². The molecule has 1 aliphatic rings. The predicted octanol–water partition coefficient (Wildman–Crippen LogP) is 2.33. The summed E-state index contributed by atoms with van der Waals surface area (Å²) < 4.78 is 13.0. The van der Waals surface area contributed by atoms with Crippen LogP contribution in [0.2, 0.25) is 0 Å². The van der Waals surface area contributed by atoms with Crippen LogP contribution in [0, 0.1) is 0 Å². The molecule has 1 aromatic heterocycles. The Hall–Kier alpha value is -2.57. The smallest absolute Gasteiger partial charge is 0.271 e. The third-order valence-electron chi connectivity index (χ3n) is 4.86. The first kappa shape index (κ1) is 17.8. The molecule has 2 heterocycles. The molecule has 0 spiro atoms. The molecular formula is C21H21N3O2S. The third kappa shape index (κ3) is 3.77. The van der Waals surface area contributed by atoms with E-state index < -0.39 is 10.8 Å². The quantitative estimate of drug-likeness (QED) is 0.759. The second-order valence-electron chi connectivity index (χ2n) is 6.65. The van der Waals surface area contributed by atoms with Gasteiger partial charge in [-0.05, 0) is 73.5 Å². The van der Waals surface area contributed by atoms with Gasteiger partial charge in [0.15, 0.2) is 0 Å². The van der Waals surface area contributed by atoms with Crippen LogP contribution in [0.4, 0.5) is 0 Å². The molecule has 0 saturated heterocycles. The van der Waals surface area contributed by atoms with Gasteiger partial charge in [0.05, 0.1) is 11.4 Å². The Bertz CT molecular complexity index is 1060. The van der Waals surface area contributed by atoms with Crippen molar-refractivity contribution in [2.45, 2.75) is 17.7 Å². The van der Waals surface area contributed by atoms with Gasteiger partial charge >= 0.3 is 0 Å². The normalized spacial score (nSPS) is 15.0. The molecule has 6 heteroatoms. The molecule has 0 fully saturated rings. The molecule has 0 aliphatic carbocycles. The molecule has 4 rings (SSSR count). The van der Waals surface area contributed by atoms with Gasteiger partial charge in [0.2, 0.25) is 0 Å². The third-order valence-corrected chi connectivity index (χ3v) is 5.79. The predicted molar refractivity (Wildman–Crippen MR) is 108 cm³/mol. The summed E-state index contributed by atoms with van der Waals surface area (Å²) in [6.07, 6.45) is 3.67. The average molecular weight is 379 g/mol. The lowest BCUT2D eigenvalue weighted by molar-refractivity contribution is 0.686. The minimum atomic E-state index is -1.05. The van der Waals surface area contributed by atoms with E-state index in [9.17, 15) is 9.00 Å². The average Bonchev–Trinajstić information content (AvgIpc) is 2.93. The summed E-state index contributed by atoms with van der Waals surface area (Å²) in [5.41, 5.74) is 4.96. The topological polar surface area (TPSA) is 64.0 Å². The zero-order valence-corrected chi connectivity index (χ0v) is 16.0. The van der Waals surface area contributed by atoms with Crippen LogP contribution in [0.3, 0.4) is 0 Å². The molecule has 2 aromatic carbocycles. The monoisotopic (exact) mass is 379 g/mol. The Morgan fingerprint density at radius 1 is 0.963 bits per heavy atom. The van der Waals surface area contributed by atoms with Crippen LogP contribution < -0.4 is 10.9 Å². The molecule has 1 aliphatic heterocycles. The fourth-order valence-electron chi connectivity index (χ4n) is 3.36. The van der Waals surface area contributed by atoms with Crippen LogP contribution in [-0.2, 0) is 23.6 Å². The summed E-state index contributed by atoms with van der Waals surface area (Å²) >= 11 is 0. The standard InChI is InChI=1S/C21H21N3O2S/c1-27(26)19-6-4-18(5-7-19)24-21(25)9-8-20(23-24)17-3-2-15-10-12-22-13-11-16(15)14-17/h2-9,14,22H,10-13H2,1H3. The molecular weight excluding hydrogens is 358 g/mol. The molecule has 0 radical (unpaired) electrons. The number of fused-ring (bicyclic) bond motifs is 1. The summed E-state index contributed by atoms with van der Waals surface area (Å²) in [5, 5.41) is 7.99. The van der Waals surface area contributed by atoms with Crippen molar-refractivity contribution in [3.05, 3.63) is 76.1 Å². The first-order chi connectivity index (χ1) is 13.1. The highest BCUT2D eigenvalue weighted by atomic mass is 32.2. The van der Waals surface area contributed by atoms with E-state index in [2.05, 4.69) is 28.6 Å². The van der Waals surface area contributed by atoms with Gasteiger partial charge in [-0.15, -0.1) is 0 Å². The van der Waals surface area contributed by atoms with Crippen molar-refractivity contribution in [1.29, 1.82) is 0 Å². The Morgan fingerprint density at radius 2 is 1.70 bits per heavy atom. The molecule has 1 N–H and O–H groups in total. The van der Waals surface area contributed by atoms with E-state index in [1.165, 1.54) is 15.8 Å². The lowest BCUT2D eigenvalue weighted by Gasteiger charge is -2.10. The molecule has 0 bridgehead atoms. The van der Waals surface area contributed by atoms with Crippen molar-refractivity contribution >= 4 is 10.8 Å². The van der Waals surface area contributed by atoms with Crippen molar-refractivity contribution in [3.63, 3.8) is 0 Å². The lowest BCUT2D eigenvalue weighted by Crippen LogP contribution is -2.20. The van der Waals surface area contributed by atoms with Crippen LogP contribution in [0.5, 0.6) is 0 Å². The second-order valence-corrected chi connectivity index (χ2v) is 8.03. The lowest BCUT2D eigenvalue weighted by atomic mass is 9.99. The van der Waals surface area contributed by atoms with Gasteiger partial charge in [-0.3, -0.25) is 9.00 Å². The van der Waals surface area contributed by atoms with Gasteiger partial charge in [-0.25, -0.2) is 0 Å². The minimum Gasteiger partial charge on any atom is -0.316 e. The molecule has 1 atom stereocenters. The molecule has 0 amide bonds. The number of aromatic nitrogens is 2. The Balaban J connectivity index is 1.73. The fourth-order valence-corrected chi connectivity index (χ4v) is 3.88. The number of benzene rings is 2.